The zero-order valence-corrected chi connectivity index (χ0v) is 10.2. The van der Waals surface area contributed by atoms with E-state index in [1.807, 2.05) is 5.38 Å². The van der Waals surface area contributed by atoms with Gasteiger partial charge >= 0.3 is 0 Å². The van der Waals surface area contributed by atoms with Crippen LogP contribution in [0.15, 0.2) is 30.2 Å². The van der Waals surface area contributed by atoms with Crippen LogP contribution >= 0.6 is 11.3 Å². The van der Waals surface area contributed by atoms with Gasteiger partial charge in [0.15, 0.2) is 0 Å². The van der Waals surface area contributed by atoms with E-state index in [1.165, 1.54) is 12.4 Å². The maximum absolute atomic E-state index is 11.9. The molecule has 0 bridgehead atoms. The molecule has 0 unspecified atom stereocenters. The Bertz CT molecular complexity index is 471. The summed E-state index contributed by atoms with van der Waals surface area (Å²) < 4.78 is 0. The van der Waals surface area contributed by atoms with Gasteiger partial charge in [0.1, 0.15) is 5.69 Å². The highest BCUT2D eigenvalue weighted by atomic mass is 32.1. The first-order valence-corrected chi connectivity index (χ1v) is 6.05. The molecule has 0 radical (unpaired) electrons. The Morgan fingerprint density at radius 2 is 2.24 bits per heavy atom. The molecule has 2 aromatic rings. The molecular weight excluding hydrogens is 236 g/mol. The van der Waals surface area contributed by atoms with Gasteiger partial charge in [-0.15, -0.1) is 11.3 Å². The van der Waals surface area contributed by atoms with Gasteiger partial charge in [-0.25, -0.2) is 9.97 Å². The minimum atomic E-state index is -0.116. The zero-order chi connectivity index (χ0) is 12.1. The highest BCUT2D eigenvalue weighted by Gasteiger charge is 2.12. The number of hydrogen-bond acceptors (Lipinski definition) is 5. The van der Waals surface area contributed by atoms with Crippen LogP contribution in [0.2, 0.25) is 0 Å². The second-order valence-electron chi connectivity index (χ2n) is 3.49. The molecule has 5 nitrogen and oxygen atoms in total. The molecule has 2 heterocycles. The molecule has 88 valence electrons. The third-order valence-corrected chi connectivity index (χ3v) is 3.11. The Kier molecular flexibility index (Phi) is 3.77. The van der Waals surface area contributed by atoms with Crippen molar-refractivity contribution in [2.75, 3.05) is 13.6 Å². The number of amides is 1. The molecule has 0 atom stereocenters. The summed E-state index contributed by atoms with van der Waals surface area (Å²) in [5, 5.41) is 2.96. The Morgan fingerprint density at radius 1 is 1.35 bits per heavy atom. The lowest BCUT2D eigenvalue weighted by Gasteiger charge is -2.15. The topological polar surface area (TPSA) is 59.0 Å². The van der Waals surface area contributed by atoms with Gasteiger partial charge in [0.2, 0.25) is 0 Å². The van der Waals surface area contributed by atoms with Crippen LogP contribution in [-0.2, 0) is 6.42 Å². The van der Waals surface area contributed by atoms with Crippen molar-refractivity contribution in [1.82, 2.24) is 19.9 Å². The molecule has 0 aromatic carbocycles. The normalized spacial score (nSPS) is 10.2. The standard InChI is InChI=1S/C11H12N4OS/c1-15(6-2-10-14-5-7-17-10)11(16)9-8-12-3-4-13-9/h3-5,7-8H,2,6H2,1H3. The molecule has 0 aliphatic rings. The van der Waals surface area contributed by atoms with Crippen molar-refractivity contribution in [1.29, 1.82) is 0 Å². The van der Waals surface area contributed by atoms with Crippen LogP contribution in [0.1, 0.15) is 15.5 Å². The number of carbonyl (C=O) groups is 1. The molecule has 0 fully saturated rings. The Balaban J connectivity index is 1.92. The van der Waals surface area contributed by atoms with Crippen molar-refractivity contribution in [3.8, 4) is 0 Å². The van der Waals surface area contributed by atoms with Crippen molar-refractivity contribution in [3.05, 3.63) is 40.9 Å². The van der Waals surface area contributed by atoms with Crippen LogP contribution in [0.4, 0.5) is 0 Å². The minimum Gasteiger partial charge on any atom is -0.340 e. The molecule has 2 rings (SSSR count). The van der Waals surface area contributed by atoms with Gasteiger partial charge in [0.25, 0.3) is 5.91 Å². The van der Waals surface area contributed by atoms with Crippen molar-refractivity contribution < 1.29 is 4.79 Å². The van der Waals surface area contributed by atoms with E-state index in [9.17, 15) is 4.79 Å². The monoisotopic (exact) mass is 248 g/mol. The van der Waals surface area contributed by atoms with Gasteiger partial charge < -0.3 is 4.90 Å². The average Bonchev–Trinajstić information content (AvgIpc) is 2.89. The van der Waals surface area contributed by atoms with E-state index >= 15 is 0 Å². The van der Waals surface area contributed by atoms with E-state index in [2.05, 4.69) is 15.0 Å². The SMILES string of the molecule is CN(CCc1nccs1)C(=O)c1cnccn1. The van der Waals surface area contributed by atoms with Crippen LogP contribution in [0, 0.1) is 0 Å². The number of rotatable bonds is 4. The smallest absolute Gasteiger partial charge is 0.273 e. The third-order valence-electron chi connectivity index (χ3n) is 2.27. The summed E-state index contributed by atoms with van der Waals surface area (Å²) in [5.74, 6) is -0.116. The number of thiazole rings is 1. The van der Waals surface area contributed by atoms with E-state index in [4.69, 9.17) is 0 Å². The second-order valence-corrected chi connectivity index (χ2v) is 4.47. The number of aromatic nitrogens is 3. The van der Waals surface area contributed by atoms with Crippen molar-refractivity contribution in [2.24, 2.45) is 0 Å². The Morgan fingerprint density at radius 3 is 2.88 bits per heavy atom. The minimum absolute atomic E-state index is 0.116. The fraction of sp³-hybridized carbons (Fsp3) is 0.273. The Labute approximate surface area is 103 Å². The van der Waals surface area contributed by atoms with E-state index < -0.39 is 0 Å². The van der Waals surface area contributed by atoms with Gasteiger partial charge in [-0.2, -0.15) is 0 Å². The first kappa shape index (κ1) is 11.7. The number of carbonyl (C=O) groups excluding carboxylic acids is 1. The van der Waals surface area contributed by atoms with Crippen LogP contribution in [0.3, 0.4) is 0 Å². The lowest BCUT2D eigenvalue weighted by molar-refractivity contribution is 0.0790. The highest BCUT2D eigenvalue weighted by molar-refractivity contribution is 7.09. The lowest BCUT2D eigenvalue weighted by Crippen LogP contribution is -2.29. The third kappa shape index (κ3) is 3.07. The summed E-state index contributed by atoms with van der Waals surface area (Å²) in [6.07, 6.45) is 7.07. The average molecular weight is 248 g/mol. The van der Waals surface area contributed by atoms with Crippen LogP contribution in [0.25, 0.3) is 0 Å². The number of nitrogens with zero attached hydrogens (tertiary/aromatic N) is 4. The Hall–Kier alpha value is -1.82. The van der Waals surface area contributed by atoms with E-state index in [0.29, 0.717) is 12.2 Å². The van der Waals surface area contributed by atoms with E-state index in [-0.39, 0.29) is 5.91 Å². The fourth-order valence-corrected chi connectivity index (χ4v) is 1.96. The molecule has 0 spiro atoms. The van der Waals surface area contributed by atoms with Crippen LogP contribution < -0.4 is 0 Å². The molecule has 0 N–H and O–H groups in total. The molecule has 0 aliphatic carbocycles. The van der Waals surface area contributed by atoms with Gasteiger partial charge in [-0.05, 0) is 0 Å². The molecule has 1 amide bonds. The van der Waals surface area contributed by atoms with Crippen LogP contribution in [0.5, 0.6) is 0 Å². The molecule has 6 heteroatoms. The number of hydrogen-bond donors (Lipinski definition) is 0. The molecule has 0 aliphatic heterocycles. The molecule has 17 heavy (non-hydrogen) atoms. The summed E-state index contributed by atoms with van der Waals surface area (Å²) in [5.41, 5.74) is 0.370. The summed E-state index contributed by atoms with van der Waals surface area (Å²) in [6.45, 7) is 0.628. The first-order chi connectivity index (χ1) is 8.27. The summed E-state index contributed by atoms with van der Waals surface area (Å²) in [7, 11) is 1.75. The largest absolute Gasteiger partial charge is 0.340 e. The maximum Gasteiger partial charge on any atom is 0.273 e. The highest BCUT2D eigenvalue weighted by Crippen LogP contribution is 2.06. The van der Waals surface area contributed by atoms with Gasteiger partial charge in [0.05, 0.1) is 11.2 Å². The zero-order valence-electron chi connectivity index (χ0n) is 9.41. The summed E-state index contributed by atoms with van der Waals surface area (Å²) in [4.78, 5) is 25.6. The van der Waals surface area contributed by atoms with E-state index in [0.717, 1.165) is 11.4 Å². The molecule has 0 saturated carbocycles. The predicted molar refractivity (Wildman–Crippen MR) is 64.8 cm³/mol. The maximum atomic E-state index is 11.9. The first-order valence-electron chi connectivity index (χ1n) is 5.17. The van der Waals surface area contributed by atoms with Crippen molar-refractivity contribution in [3.63, 3.8) is 0 Å². The summed E-state index contributed by atoms with van der Waals surface area (Å²) in [6, 6.07) is 0. The second kappa shape index (κ2) is 5.49. The number of likely N-dealkylation sites (N-methyl/N-ethyl adjacent to an activating group) is 1. The van der Waals surface area contributed by atoms with Crippen molar-refractivity contribution >= 4 is 17.2 Å². The lowest BCUT2D eigenvalue weighted by atomic mass is 10.3. The fourth-order valence-electron chi connectivity index (χ4n) is 1.35. The quantitative estimate of drug-likeness (QED) is 0.817. The summed E-state index contributed by atoms with van der Waals surface area (Å²) >= 11 is 1.60. The van der Waals surface area contributed by atoms with Gasteiger partial charge in [0, 0.05) is 44.0 Å². The van der Waals surface area contributed by atoms with E-state index in [1.54, 1.807) is 35.7 Å². The van der Waals surface area contributed by atoms with Gasteiger partial charge in [-0.3, -0.25) is 9.78 Å². The van der Waals surface area contributed by atoms with Gasteiger partial charge in [-0.1, -0.05) is 0 Å². The van der Waals surface area contributed by atoms with Crippen LogP contribution in [-0.4, -0.2) is 39.4 Å². The molecular formula is C11H12N4OS. The molecule has 0 saturated heterocycles. The predicted octanol–water partition coefficient (Wildman–Crippen LogP) is 1.25. The van der Waals surface area contributed by atoms with Crippen molar-refractivity contribution in [2.45, 2.75) is 6.42 Å². The molecule has 2 aromatic heterocycles.